The van der Waals surface area contributed by atoms with Crippen LogP contribution in [-0.2, 0) is 14.8 Å². The quantitative estimate of drug-likeness (QED) is 0.652. The van der Waals surface area contributed by atoms with Crippen LogP contribution in [0.15, 0.2) is 59.0 Å². The van der Waals surface area contributed by atoms with E-state index in [1.165, 1.54) is 42.5 Å². The summed E-state index contributed by atoms with van der Waals surface area (Å²) in [5.74, 6) is -1.31. The van der Waals surface area contributed by atoms with Gasteiger partial charge in [0.25, 0.3) is 5.91 Å². The lowest BCUT2D eigenvalue weighted by Gasteiger charge is -2.05. The van der Waals surface area contributed by atoms with Crippen molar-refractivity contribution < 1.29 is 17.6 Å². The van der Waals surface area contributed by atoms with E-state index in [0.717, 1.165) is 6.08 Å². The van der Waals surface area contributed by atoms with Crippen LogP contribution < -0.4 is 10.5 Å². The van der Waals surface area contributed by atoms with Gasteiger partial charge in [0.05, 0.1) is 4.90 Å². The zero-order valence-corrected chi connectivity index (χ0v) is 13.0. The Morgan fingerprint density at radius 3 is 2.33 bits per heavy atom. The highest BCUT2D eigenvalue weighted by Crippen LogP contribution is 2.15. The summed E-state index contributed by atoms with van der Waals surface area (Å²) in [5.41, 5.74) is 0.0754. The number of amides is 1. The van der Waals surface area contributed by atoms with Crippen LogP contribution in [0, 0.1) is 17.1 Å². The van der Waals surface area contributed by atoms with Crippen molar-refractivity contribution in [2.75, 3.05) is 5.32 Å². The number of carbonyl (C=O) groups excluding carboxylic acids is 1. The molecule has 24 heavy (non-hydrogen) atoms. The number of nitrogens with zero attached hydrogens (tertiary/aromatic N) is 1. The van der Waals surface area contributed by atoms with Gasteiger partial charge in [0.15, 0.2) is 0 Å². The fourth-order valence-corrected chi connectivity index (χ4v) is 2.34. The summed E-state index contributed by atoms with van der Waals surface area (Å²) in [6.07, 6.45) is 1.13. The second kappa shape index (κ2) is 7.04. The summed E-state index contributed by atoms with van der Waals surface area (Å²) >= 11 is 0. The number of nitrogens with one attached hydrogen (secondary N) is 1. The summed E-state index contributed by atoms with van der Waals surface area (Å²) in [6, 6.07) is 12.5. The maximum atomic E-state index is 13.6. The van der Waals surface area contributed by atoms with Crippen LogP contribution in [0.25, 0.3) is 6.08 Å². The number of nitriles is 1. The number of hydrogen-bond acceptors (Lipinski definition) is 4. The number of nitrogens with two attached hydrogens (primary N) is 1. The predicted octanol–water partition coefficient (Wildman–Crippen LogP) is 2.02. The number of sulfonamides is 1. The van der Waals surface area contributed by atoms with Gasteiger partial charge in [-0.1, -0.05) is 18.2 Å². The molecule has 0 spiro atoms. The average molecular weight is 345 g/mol. The standard InChI is InChI=1S/C16H12FN3O3S/c17-15-4-2-1-3-11(15)9-12(10-18)16(21)20-13-5-7-14(8-6-13)24(19,22)23/h1-9H,(H,20,21)(H2,19,22,23)/b12-9-. The lowest BCUT2D eigenvalue weighted by molar-refractivity contribution is -0.112. The molecule has 0 heterocycles. The first-order chi connectivity index (χ1) is 11.3. The Morgan fingerprint density at radius 1 is 1.17 bits per heavy atom. The van der Waals surface area contributed by atoms with Crippen LogP contribution >= 0.6 is 0 Å². The summed E-state index contributed by atoms with van der Waals surface area (Å²) in [4.78, 5) is 12.0. The van der Waals surface area contributed by atoms with Crippen LogP contribution in [0.5, 0.6) is 0 Å². The molecule has 0 bridgehead atoms. The first-order valence-corrected chi connectivity index (χ1v) is 8.16. The highest BCUT2D eigenvalue weighted by molar-refractivity contribution is 7.89. The van der Waals surface area contributed by atoms with Crippen LogP contribution in [-0.4, -0.2) is 14.3 Å². The van der Waals surface area contributed by atoms with Crippen molar-refractivity contribution in [2.24, 2.45) is 5.14 Å². The van der Waals surface area contributed by atoms with Crippen molar-refractivity contribution in [3.63, 3.8) is 0 Å². The number of halogens is 1. The van der Waals surface area contributed by atoms with Crippen molar-refractivity contribution >= 4 is 27.7 Å². The Balaban J connectivity index is 2.22. The molecule has 0 aliphatic carbocycles. The van der Waals surface area contributed by atoms with Crippen molar-refractivity contribution in [1.29, 1.82) is 5.26 Å². The van der Waals surface area contributed by atoms with Crippen LogP contribution in [0.3, 0.4) is 0 Å². The smallest absolute Gasteiger partial charge is 0.266 e. The largest absolute Gasteiger partial charge is 0.321 e. The molecule has 2 rings (SSSR count). The van der Waals surface area contributed by atoms with Gasteiger partial charge in [-0.2, -0.15) is 5.26 Å². The maximum absolute atomic E-state index is 13.6. The Morgan fingerprint density at radius 2 is 1.79 bits per heavy atom. The van der Waals surface area contributed by atoms with Gasteiger partial charge in [0.1, 0.15) is 17.5 Å². The minimum Gasteiger partial charge on any atom is -0.321 e. The van der Waals surface area contributed by atoms with Crippen LogP contribution in [0.4, 0.5) is 10.1 Å². The van der Waals surface area contributed by atoms with Crippen molar-refractivity contribution in [3.8, 4) is 6.07 Å². The van der Waals surface area contributed by atoms with Crippen molar-refractivity contribution in [2.45, 2.75) is 4.90 Å². The first kappa shape index (κ1) is 17.3. The third-order valence-corrected chi connectivity index (χ3v) is 3.94. The van der Waals surface area contributed by atoms with Gasteiger partial charge in [0.2, 0.25) is 10.0 Å². The van der Waals surface area contributed by atoms with E-state index >= 15 is 0 Å². The van der Waals surface area contributed by atoms with E-state index in [2.05, 4.69) is 5.32 Å². The highest BCUT2D eigenvalue weighted by atomic mass is 32.2. The summed E-state index contributed by atoms with van der Waals surface area (Å²) in [7, 11) is -3.83. The van der Waals surface area contributed by atoms with Gasteiger partial charge in [0, 0.05) is 11.3 Å². The second-order valence-electron chi connectivity index (χ2n) is 4.71. The molecule has 2 aromatic rings. The molecular formula is C16H12FN3O3S. The van der Waals surface area contributed by atoms with E-state index < -0.39 is 21.7 Å². The number of anilines is 1. The minimum atomic E-state index is -3.83. The first-order valence-electron chi connectivity index (χ1n) is 6.62. The Hall–Kier alpha value is -3.02. The zero-order valence-electron chi connectivity index (χ0n) is 12.2. The van der Waals surface area contributed by atoms with Gasteiger partial charge in [-0.25, -0.2) is 17.9 Å². The molecule has 8 heteroatoms. The SMILES string of the molecule is N#C/C(=C/c1ccccc1F)C(=O)Nc1ccc(S(N)(=O)=O)cc1. The normalized spacial score (nSPS) is 11.6. The van der Waals surface area contributed by atoms with Crippen LogP contribution in [0.1, 0.15) is 5.56 Å². The van der Waals surface area contributed by atoms with Gasteiger partial charge < -0.3 is 5.32 Å². The molecule has 3 N–H and O–H groups in total. The lowest BCUT2D eigenvalue weighted by atomic mass is 10.1. The lowest BCUT2D eigenvalue weighted by Crippen LogP contribution is -2.14. The highest BCUT2D eigenvalue weighted by Gasteiger charge is 2.12. The third kappa shape index (κ3) is 4.25. The fourth-order valence-electron chi connectivity index (χ4n) is 1.82. The fraction of sp³-hybridized carbons (Fsp3) is 0. The molecule has 0 fully saturated rings. The number of hydrogen-bond donors (Lipinski definition) is 2. The summed E-state index contributed by atoms with van der Waals surface area (Å²) < 4.78 is 35.9. The number of rotatable bonds is 4. The number of carbonyl (C=O) groups is 1. The molecule has 1 amide bonds. The molecule has 0 aromatic heterocycles. The van der Waals surface area contributed by atoms with E-state index in [9.17, 15) is 17.6 Å². The minimum absolute atomic E-state index is 0.105. The van der Waals surface area contributed by atoms with Crippen molar-refractivity contribution in [3.05, 3.63) is 65.5 Å². The monoisotopic (exact) mass is 345 g/mol. The molecule has 2 aromatic carbocycles. The Bertz CT molecular complexity index is 945. The molecule has 0 saturated carbocycles. The van der Waals surface area contributed by atoms with Gasteiger partial charge in [-0.3, -0.25) is 4.79 Å². The molecule has 0 saturated heterocycles. The number of benzene rings is 2. The topological polar surface area (TPSA) is 113 Å². The molecular weight excluding hydrogens is 333 g/mol. The molecule has 0 radical (unpaired) electrons. The van der Waals surface area contributed by atoms with Crippen molar-refractivity contribution in [1.82, 2.24) is 0 Å². The molecule has 0 aliphatic heterocycles. The molecule has 122 valence electrons. The van der Waals surface area contributed by atoms with E-state index in [1.54, 1.807) is 12.1 Å². The third-order valence-electron chi connectivity index (χ3n) is 3.01. The maximum Gasteiger partial charge on any atom is 0.266 e. The molecule has 0 aliphatic rings. The second-order valence-corrected chi connectivity index (χ2v) is 6.28. The van der Waals surface area contributed by atoms with E-state index in [4.69, 9.17) is 10.4 Å². The Kier molecular flexibility index (Phi) is 5.08. The summed E-state index contributed by atoms with van der Waals surface area (Å²) in [6.45, 7) is 0. The zero-order chi connectivity index (χ0) is 17.7. The predicted molar refractivity (Wildman–Crippen MR) is 86.4 cm³/mol. The van der Waals surface area contributed by atoms with Gasteiger partial charge >= 0.3 is 0 Å². The summed E-state index contributed by atoms with van der Waals surface area (Å²) in [5, 5.41) is 16.5. The van der Waals surface area contributed by atoms with E-state index in [-0.39, 0.29) is 21.7 Å². The molecule has 6 nitrogen and oxygen atoms in total. The number of primary sulfonamides is 1. The Labute approximate surface area is 138 Å². The molecule has 0 unspecified atom stereocenters. The molecule has 0 atom stereocenters. The average Bonchev–Trinajstić information content (AvgIpc) is 2.53. The van der Waals surface area contributed by atoms with Gasteiger partial charge in [-0.05, 0) is 36.4 Å². The van der Waals surface area contributed by atoms with Crippen LogP contribution in [0.2, 0.25) is 0 Å². The van der Waals surface area contributed by atoms with E-state index in [1.807, 2.05) is 0 Å². The van der Waals surface area contributed by atoms with Gasteiger partial charge in [-0.15, -0.1) is 0 Å². The van der Waals surface area contributed by atoms with E-state index in [0.29, 0.717) is 0 Å².